The van der Waals surface area contributed by atoms with Crippen LogP contribution in [0.3, 0.4) is 0 Å². The van der Waals surface area contributed by atoms with E-state index < -0.39 is 5.97 Å². The molecule has 2 amide bonds. The van der Waals surface area contributed by atoms with Crippen LogP contribution in [0.25, 0.3) is 0 Å². The molecule has 0 heterocycles. The van der Waals surface area contributed by atoms with Crippen molar-refractivity contribution in [3.8, 4) is 0 Å². The van der Waals surface area contributed by atoms with Crippen molar-refractivity contribution in [2.75, 3.05) is 19.7 Å². The van der Waals surface area contributed by atoms with Crippen LogP contribution in [-0.2, 0) is 4.79 Å². The molecule has 0 aliphatic heterocycles. The Labute approximate surface area is 120 Å². The minimum Gasteiger partial charge on any atom is -0.481 e. The Morgan fingerprint density at radius 3 is 2.50 bits per heavy atom. The number of amides is 2. The number of carbonyl (C=O) groups excluding carboxylic acids is 1. The zero-order chi connectivity index (χ0) is 15.0. The summed E-state index contributed by atoms with van der Waals surface area (Å²) in [7, 11) is 0. The van der Waals surface area contributed by atoms with Gasteiger partial charge in [0.2, 0.25) is 0 Å². The zero-order valence-corrected chi connectivity index (χ0v) is 12.2. The van der Waals surface area contributed by atoms with Crippen LogP contribution in [-0.4, -0.2) is 52.9 Å². The van der Waals surface area contributed by atoms with Gasteiger partial charge in [-0.3, -0.25) is 4.79 Å². The first-order chi connectivity index (χ1) is 9.58. The van der Waals surface area contributed by atoms with Crippen LogP contribution in [0.2, 0.25) is 0 Å². The second-order valence-electron chi connectivity index (χ2n) is 5.41. The summed E-state index contributed by atoms with van der Waals surface area (Å²) in [5.74, 6) is -0.884. The fourth-order valence-corrected chi connectivity index (χ4v) is 2.71. The third-order valence-electron chi connectivity index (χ3n) is 3.95. The lowest BCUT2D eigenvalue weighted by Gasteiger charge is -2.29. The van der Waals surface area contributed by atoms with Crippen LogP contribution in [0.15, 0.2) is 0 Å². The molecule has 116 valence electrons. The van der Waals surface area contributed by atoms with Gasteiger partial charge in [0.15, 0.2) is 0 Å². The number of carboxylic acid groups (broad SMARTS) is 1. The molecule has 1 rings (SSSR count). The summed E-state index contributed by atoms with van der Waals surface area (Å²) in [6, 6.07) is 0.0245. The molecule has 6 nitrogen and oxygen atoms in total. The first kappa shape index (κ1) is 16.8. The van der Waals surface area contributed by atoms with E-state index in [0.717, 1.165) is 32.1 Å². The quantitative estimate of drug-likeness (QED) is 0.629. The predicted octanol–water partition coefficient (Wildman–Crippen LogP) is 1.43. The highest BCUT2D eigenvalue weighted by Crippen LogP contribution is 2.23. The van der Waals surface area contributed by atoms with E-state index in [1.54, 1.807) is 4.90 Å². The maximum atomic E-state index is 12.2. The number of urea groups is 1. The minimum absolute atomic E-state index is 0.0454. The van der Waals surface area contributed by atoms with Crippen molar-refractivity contribution in [3.63, 3.8) is 0 Å². The van der Waals surface area contributed by atoms with Gasteiger partial charge < -0.3 is 20.4 Å². The van der Waals surface area contributed by atoms with Gasteiger partial charge in [0.25, 0.3) is 0 Å². The smallest absolute Gasteiger partial charge is 0.317 e. The van der Waals surface area contributed by atoms with E-state index in [1.165, 1.54) is 0 Å². The minimum atomic E-state index is -0.839. The van der Waals surface area contributed by atoms with E-state index in [0.29, 0.717) is 13.1 Å². The summed E-state index contributed by atoms with van der Waals surface area (Å²) >= 11 is 0. The maximum Gasteiger partial charge on any atom is 0.317 e. The molecule has 1 saturated carbocycles. The summed E-state index contributed by atoms with van der Waals surface area (Å²) in [5.41, 5.74) is 0. The van der Waals surface area contributed by atoms with Gasteiger partial charge in [-0.15, -0.1) is 0 Å². The Bertz CT molecular complexity index is 316. The van der Waals surface area contributed by atoms with Crippen LogP contribution >= 0.6 is 0 Å². The Balaban J connectivity index is 2.46. The lowest BCUT2D eigenvalue weighted by atomic mass is 10.0. The number of hydrogen-bond donors (Lipinski definition) is 3. The molecular formula is C14H26N2O4. The molecule has 1 aliphatic rings. The number of carbonyl (C=O) groups is 2. The molecule has 0 aromatic heterocycles. The first-order valence-electron chi connectivity index (χ1n) is 7.45. The van der Waals surface area contributed by atoms with E-state index in [4.69, 9.17) is 10.2 Å². The standard InChI is InChI=1S/C14H26N2O4/c1-2-11(9-13(18)19)10-15-14(20)16(7-8-17)12-5-3-4-6-12/h11-12,17H,2-10H2,1H3,(H,15,20)(H,18,19). The molecule has 6 heteroatoms. The van der Waals surface area contributed by atoms with Crippen LogP contribution in [0.1, 0.15) is 45.4 Å². The third-order valence-corrected chi connectivity index (χ3v) is 3.95. The van der Waals surface area contributed by atoms with Crippen LogP contribution in [0.5, 0.6) is 0 Å². The van der Waals surface area contributed by atoms with Gasteiger partial charge in [-0.25, -0.2) is 4.79 Å². The van der Waals surface area contributed by atoms with Crippen molar-refractivity contribution < 1.29 is 19.8 Å². The van der Waals surface area contributed by atoms with E-state index in [9.17, 15) is 9.59 Å². The normalized spacial score (nSPS) is 16.9. The Morgan fingerprint density at radius 2 is 2.00 bits per heavy atom. The highest BCUT2D eigenvalue weighted by atomic mass is 16.4. The number of aliphatic carboxylic acids is 1. The Hall–Kier alpha value is -1.30. The second-order valence-corrected chi connectivity index (χ2v) is 5.41. The molecule has 0 bridgehead atoms. The van der Waals surface area contributed by atoms with Crippen molar-refractivity contribution in [2.45, 2.75) is 51.5 Å². The molecule has 1 fully saturated rings. The second kappa shape index (κ2) is 8.79. The Kier molecular flexibility index (Phi) is 7.36. The summed E-state index contributed by atoms with van der Waals surface area (Å²) in [6.45, 7) is 2.58. The van der Waals surface area contributed by atoms with E-state index in [1.807, 2.05) is 6.92 Å². The molecule has 0 aromatic rings. The van der Waals surface area contributed by atoms with Crippen molar-refractivity contribution in [1.82, 2.24) is 10.2 Å². The number of hydrogen-bond acceptors (Lipinski definition) is 3. The Morgan fingerprint density at radius 1 is 1.35 bits per heavy atom. The van der Waals surface area contributed by atoms with Crippen LogP contribution < -0.4 is 5.32 Å². The first-order valence-corrected chi connectivity index (χ1v) is 7.45. The number of carboxylic acids is 1. The van der Waals surface area contributed by atoms with Gasteiger partial charge in [-0.1, -0.05) is 26.2 Å². The van der Waals surface area contributed by atoms with Crippen molar-refractivity contribution in [1.29, 1.82) is 0 Å². The third kappa shape index (κ3) is 5.36. The molecule has 0 saturated heterocycles. The lowest BCUT2D eigenvalue weighted by Crippen LogP contribution is -2.47. The number of aliphatic hydroxyl groups excluding tert-OH is 1. The molecule has 0 radical (unpaired) electrons. The zero-order valence-electron chi connectivity index (χ0n) is 12.2. The monoisotopic (exact) mass is 286 g/mol. The highest BCUT2D eigenvalue weighted by Gasteiger charge is 2.26. The summed E-state index contributed by atoms with van der Waals surface area (Å²) in [5, 5.41) is 20.7. The molecule has 0 spiro atoms. The van der Waals surface area contributed by atoms with Gasteiger partial charge in [0.1, 0.15) is 0 Å². The SMILES string of the molecule is CCC(CNC(=O)N(CCO)C1CCCC1)CC(=O)O. The molecule has 1 aliphatic carbocycles. The summed E-state index contributed by atoms with van der Waals surface area (Å²) in [6.07, 6.45) is 5.00. The van der Waals surface area contributed by atoms with Gasteiger partial charge >= 0.3 is 12.0 Å². The average molecular weight is 286 g/mol. The van der Waals surface area contributed by atoms with E-state index in [2.05, 4.69) is 5.32 Å². The predicted molar refractivity (Wildman–Crippen MR) is 75.5 cm³/mol. The number of nitrogens with zero attached hydrogens (tertiary/aromatic N) is 1. The van der Waals surface area contributed by atoms with Gasteiger partial charge in [-0.2, -0.15) is 0 Å². The van der Waals surface area contributed by atoms with Gasteiger partial charge in [0.05, 0.1) is 6.61 Å². The summed E-state index contributed by atoms with van der Waals surface area (Å²) < 4.78 is 0. The number of rotatable bonds is 8. The van der Waals surface area contributed by atoms with Crippen molar-refractivity contribution in [2.24, 2.45) is 5.92 Å². The van der Waals surface area contributed by atoms with E-state index >= 15 is 0 Å². The molecule has 1 atom stereocenters. The largest absolute Gasteiger partial charge is 0.481 e. The summed E-state index contributed by atoms with van der Waals surface area (Å²) in [4.78, 5) is 24.6. The molecular weight excluding hydrogens is 260 g/mol. The number of aliphatic hydroxyl groups is 1. The fourth-order valence-electron chi connectivity index (χ4n) is 2.71. The molecule has 1 unspecified atom stereocenters. The van der Waals surface area contributed by atoms with Crippen molar-refractivity contribution >= 4 is 12.0 Å². The number of nitrogens with one attached hydrogen (secondary N) is 1. The molecule has 0 aromatic carbocycles. The molecule has 3 N–H and O–H groups in total. The van der Waals surface area contributed by atoms with Crippen LogP contribution in [0, 0.1) is 5.92 Å². The average Bonchev–Trinajstić information content (AvgIpc) is 2.93. The highest BCUT2D eigenvalue weighted by molar-refractivity contribution is 5.74. The lowest BCUT2D eigenvalue weighted by molar-refractivity contribution is -0.138. The van der Waals surface area contributed by atoms with Crippen LogP contribution in [0.4, 0.5) is 4.79 Å². The fraction of sp³-hybridized carbons (Fsp3) is 0.857. The molecule has 20 heavy (non-hydrogen) atoms. The topological polar surface area (TPSA) is 89.9 Å². The van der Waals surface area contributed by atoms with E-state index in [-0.39, 0.29) is 31.0 Å². The van der Waals surface area contributed by atoms with Crippen molar-refractivity contribution in [3.05, 3.63) is 0 Å². The maximum absolute atomic E-state index is 12.2. The van der Waals surface area contributed by atoms with Gasteiger partial charge in [0, 0.05) is 25.6 Å². The van der Waals surface area contributed by atoms with Gasteiger partial charge in [-0.05, 0) is 18.8 Å².